The lowest BCUT2D eigenvalue weighted by atomic mass is 10.0. The number of hydrogen-bond donors (Lipinski definition) is 0. The van der Waals surface area contributed by atoms with E-state index in [1.807, 2.05) is 48.0 Å². The van der Waals surface area contributed by atoms with Crippen LogP contribution in [-0.2, 0) is 11.2 Å². The van der Waals surface area contributed by atoms with Crippen molar-refractivity contribution in [2.45, 2.75) is 13.3 Å². The Morgan fingerprint density at radius 1 is 1.14 bits per heavy atom. The van der Waals surface area contributed by atoms with Gasteiger partial charge in [0.15, 0.2) is 0 Å². The van der Waals surface area contributed by atoms with Crippen molar-refractivity contribution >= 4 is 11.5 Å². The summed E-state index contributed by atoms with van der Waals surface area (Å²) in [7, 11) is 1.34. The summed E-state index contributed by atoms with van der Waals surface area (Å²) >= 11 is 0. The molecule has 0 radical (unpaired) electrons. The van der Waals surface area contributed by atoms with Crippen LogP contribution in [0.5, 0.6) is 0 Å². The van der Waals surface area contributed by atoms with Gasteiger partial charge < -0.3 is 4.74 Å². The minimum atomic E-state index is -0.463. The summed E-state index contributed by atoms with van der Waals surface area (Å²) in [6.07, 6.45) is 2.48. The molecule has 3 heterocycles. The van der Waals surface area contributed by atoms with Gasteiger partial charge in [0.25, 0.3) is 0 Å². The second-order valence-electron chi connectivity index (χ2n) is 6.74. The highest BCUT2D eigenvalue weighted by Crippen LogP contribution is 2.29. The van der Waals surface area contributed by atoms with E-state index in [1.165, 1.54) is 7.11 Å². The second-order valence-corrected chi connectivity index (χ2v) is 6.74. The number of esters is 1. The van der Waals surface area contributed by atoms with Crippen LogP contribution in [-0.4, -0.2) is 27.7 Å². The third kappa shape index (κ3) is 3.58. The Hall–Kier alpha value is -3.98. The zero-order valence-electron chi connectivity index (χ0n) is 16.1. The van der Waals surface area contributed by atoms with E-state index >= 15 is 0 Å². The molecule has 0 saturated heterocycles. The fourth-order valence-electron chi connectivity index (χ4n) is 3.29. The van der Waals surface area contributed by atoms with Gasteiger partial charge in [0, 0.05) is 29.4 Å². The maximum Gasteiger partial charge on any atom is 0.356 e. The topological polar surface area (TPSA) is 80.3 Å². The predicted molar refractivity (Wildman–Crippen MR) is 108 cm³/mol. The Morgan fingerprint density at radius 2 is 1.93 bits per heavy atom. The van der Waals surface area contributed by atoms with Gasteiger partial charge in [-0.25, -0.2) is 14.3 Å². The first kappa shape index (κ1) is 18.4. The van der Waals surface area contributed by atoms with Crippen molar-refractivity contribution in [3.8, 4) is 17.3 Å². The van der Waals surface area contributed by atoms with Crippen LogP contribution in [0, 0.1) is 18.3 Å². The summed E-state index contributed by atoms with van der Waals surface area (Å²) in [4.78, 5) is 16.3. The summed E-state index contributed by atoms with van der Waals surface area (Å²) in [6, 6.07) is 18.9. The van der Waals surface area contributed by atoms with Crippen LogP contribution in [0.3, 0.4) is 0 Å². The molecular weight excluding hydrogens is 364 g/mol. The summed E-state index contributed by atoms with van der Waals surface area (Å²) in [6.45, 7) is 2.02. The number of fused-ring (bicyclic) bond motifs is 1. The van der Waals surface area contributed by atoms with E-state index in [0.717, 1.165) is 33.6 Å². The molecule has 29 heavy (non-hydrogen) atoms. The van der Waals surface area contributed by atoms with Gasteiger partial charge >= 0.3 is 5.97 Å². The third-order valence-electron chi connectivity index (χ3n) is 4.73. The van der Waals surface area contributed by atoms with Crippen molar-refractivity contribution in [3.05, 3.63) is 88.9 Å². The number of rotatable bonds is 4. The maximum absolute atomic E-state index is 11.8. The largest absolute Gasteiger partial charge is 0.464 e. The Kier molecular flexibility index (Phi) is 4.80. The number of pyridine rings is 2. The van der Waals surface area contributed by atoms with E-state index < -0.39 is 5.97 Å². The maximum atomic E-state index is 11.8. The molecule has 6 heteroatoms. The zero-order valence-corrected chi connectivity index (χ0v) is 16.1. The average molecular weight is 382 g/mol. The molecule has 4 aromatic rings. The molecule has 0 atom stereocenters. The van der Waals surface area contributed by atoms with Gasteiger partial charge in [0.2, 0.25) is 0 Å². The van der Waals surface area contributed by atoms with Crippen LogP contribution in [0.1, 0.15) is 32.9 Å². The number of aryl methyl sites for hydroxylation is 1. The highest BCUT2D eigenvalue weighted by atomic mass is 16.5. The fourth-order valence-corrected chi connectivity index (χ4v) is 3.29. The minimum absolute atomic E-state index is 0.275. The van der Waals surface area contributed by atoms with Crippen LogP contribution in [0.4, 0.5) is 0 Å². The van der Waals surface area contributed by atoms with Crippen molar-refractivity contribution in [2.75, 3.05) is 7.11 Å². The molecule has 0 aliphatic heterocycles. The van der Waals surface area contributed by atoms with E-state index in [2.05, 4.69) is 11.1 Å². The number of methoxy groups -OCH3 is 1. The van der Waals surface area contributed by atoms with E-state index in [9.17, 15) is 4.79 Å². The van der Waals surface area contributed by atoms with E-state index in [0.29, 0.717) is 12.0 Å². The lowest BCUT2D eigenvalue weighted by Crippen LogP contribution is -2.06. The first-order chi connectivity index (χ1) is 14.1. The smallest absolute Gasteiger partial charge is 0.356 e. The molecule has 0 aliphatic rings. The Morgan fingerprint density at radius 3 is 2.66 bits per heavy atom. The molecule has 3 aromatic heterocycles. The highest BCUT2D eigenvalue weighted by molar-refractivity contribution is 5.87. The Bertz CT molecular complexity index is 1250. The molecule has 0 N–H and O–H groups in total. The number of carbonyl (C=O) groups is 1. The lowest BCUT2D eigenvalue weighted by Gasteiger charge is -2.06. The van der Waals surface area contributed by atoms with Gasteiger partial charge in [-0.1, -0.05) is 24.3 Å². The minimum Gasteiger partial charge on any atom is -0.464 e. The standard InChI is InChI=1S/C23H18N4O2/c1-15-6-11-21-19(12-18-4-3-5-20(25-18)23(28)29-2)22(26-27(21)14-15)17-9-7-16(13-24)8-10-17/h3-11,14H,12H2,1-2H3. The SMILES string of the molecule is COC(=O)c1cccc(Cc2c(-c3ccc(C#N)cc3)nn3cc(C)ccc23)n1. The van der Waals surface area contributed by atoms with Gasteiger partial charge in [0.05, 0.1) is 30.0 Å². The molecule has 6 nitrogen and oxygen atoms in total. The molecule has 0 fully saturated rings. The Balaban J connectivity index is 1.84. The van der Waals surface area contributed by atoms with Gasteiger partial charge in [-0.3, -0.25) is 0 Å². The van der Waals surface area contributed by atoms with Gasteiger partial charge in [-0.15, -0.1) is 0 Å². The number of carbonyl (C=O) groups excluding carboxylic acids is 1. The highest BCUT2D eigenvalue weighted by Gasteiger charge is 2.17. The zero-order chi connectivity index (χ0) is 20.4. The van der Waals surface area contributed by atoms with Crippen LogP contribution in [0.2, 0.25) is 0 Å². The van der Waals surface area contributed by atoms with E-state index in [4.69, 9.17) is 15.1 Å². The quantitative estimate of drug-likeness (QED) is 0.499. The van der Waals surface area contributed by atoms with Crippen molar-refractivity contribution in [1.82, 2.24) is 14.6 Å². The van der Waals surface area contributed by atoms with E-state index in [-0.39, 0.29) is 5.69 Å². The number of ether oxygens (including phenoxy) is 1. The number of nitrogens with zero attached hydrogens (tertiary/aromatic N) is 4. The number of nitriles is 1. The van der Waals surface area contributed by atoms with Crippen LogP contribution >= 0.6 is 0 Å². The number of hydrogen-bond acceptors (Lipinski definition) is 5. The number of benzene rings is 1. The molecule has 0 unspecified atom stereocenters. The van der Waals surface area contributed by atoms with E-state index in [1.54, 1.807) is 24.3 Å². The van der Waals surface area contributed by atoms with Crippen LogP contribution < -0.4 is 0 Å². The van der Waals surface area contributed by atoms with Gasteiger partial charge in [0.1, 0.15) is 5.69 Å². The molecule has 142 valence electrons. The van der Waals surface area contributed by atoms with Crippen LogP contribution in [0.15, 0.2) is 60.8 Å². The number of aromatic nitrogens is 3. The molecular formula is C23H18N4O2. The fraction of sp³-hybridized carbons (Fsp3) is 0.130. The average Bonchev–Trinajstić information content (AvgIpc) is 3.10. The predicted octanol–water partition coefficient (Wildman–Crippen LogP) is 3.95. The normalized spacial score (nSPS) is 10.7. The van der Waals surface area contributed by atoms with Crippen molar-refractivity contribution in [3.63, 3.8) is 0 Å². The van der Waals surface area contributed by atoms with Crippen LogP contribution in [0.25, 0.3) is 16.8 Å². The van der Waals surface area contributed by atoms with Gasteiger partial charge in [-0.05, 0) is 42.8 Å². The molecule has 0 aliphatic carbocycles. The van der Waals surface area contributed by atoms with Crippen molar-refractivity contribution in [2.24, 2.45) is 0 Å². The lowest BCUT2D eigenvalue weighted by molar-refractivity contribution is 0.0593. The summed E-state index contributed by atoms with van der Waals surface area (Å²) in [5, 5.41) is 13.9. The molecule has 0 amide bonds. The molecule has 1 aromatic carbocycles. The summed E-state index contributed by atoms with van der Waals surface area (Å²) < 4.78 is 6.64. The third-order valence-corrected chi connectivity index (χ3v) is 4.73. The van der Waals surface area contributed by atoms with Crippen molar-refractivity contribution in [1.29, 1.82) is 5.26 Å². The summed E-state index contributed by atoms with van der Waals surface area (Å²) in [5.41, 5.74) is 6.45. The molecule has 0 bridgehead atoms. The first-order valence-electron chi connectivity index (χ1n) is 9.11. The molecule has 0 saturated carbocycles. The van der Waals surface area contributed by atoms with Gasteiger partial charge in [-0.2, -0.15) is 10.4 Å². The Labute approximate surface area is 168 Å². The monoisotopic (exact) mass is 382 g/mol. The molecule has 4 rings (SSSR count). The first-order valence-corrected chi connectivity index (χ1v) is 9.11. The van der Waals surface area contributed by atoms with Crippen molar-refractivity contribution < 1.29 is 9.53 Å². The second kappa shape index (κ2) is 7.56. The summed E-state index contributed by atoms with van der Waals surface area (Å²) in [5.74, 6) is -0.463. The molecule has 0 spiro atoms.